The Bertz CT molecular complexity index is 1170. The molecule has 0 unspecified atom stereocenters. The second-order valence-corrected chi connectivity index (χ2v) is 11.1. The lowest BCUT2D eigenvalue weighted by Crippen LogP contribution is -2.43. The highest BCUT2D eigenvalue weighted by Crippen LogP contribution is 2.40. The number of fused-ring (bicyclic) bond motifs is 1. The van der Waals surface area contributed by atoms with Gasteiger partial charge in [-0.25, -0.2) is 9.97 Å². The number of nitrogens with two attached hydrogens (primary N) is 1. The fourth-order valence-corrected chi connectivity index (χ4v) is 5.42. The monoisotopic (exact) mass is 577 g/mol. The molecule has 0 radical (unpaired) electrons. The van der Waals surface area contributed by atoms with Crippen molar-refractivity contribution in [2.75, 3.05) is 44.9 Å². The first-order valence-corrected chi connectivity index (χ1v) is 14.6. The third-order valence-corrected chi connectivity index (χ3v) is 8.03. The topological polar surface area (TPSA) is 105 Å². The van der Waals surface area contributed by atoms with E-state index in [1.54, 1.807) is 11.0 Å². The zero-order valence-electron chi connectivity index (χ0n) is 24.1. The largest absolute Gasteiger partial charge is 0.416 e. The van der Waals surface area contributed by atoms with E-state index < -0.39 is 11.7 Å². The molecule has 2 saturated heterocycles. The van der Waals surface area contributed by atoms with Crippen LogP contribution in [0.15, 0.2) is 18.2 Å². The Morgan fingerprint density at radius 1 is 1.00 bits per heavy atom. The summed E-state index contributed by atoms with van der Waals surface area (Å²) in [7, 11) is 1.00. The summed E-state index contributed by atoms with van der Waals surface area (Å²) >= 11 is 0. The van der Waals surface area contributed by atoms with E-state index in [0.717, 1.165) is 57.6 Å². The summed E-state index contributed by atoms with van der Waals surface area (Å²) < 4.78 is 44.8. The van der Waals surface area contributed by atoms with Crippen LogP contribution in [-0.4, -0.2) is 71.9 Å². The Balaban J connectivity index is 0.000000424. The number of likely N-dealkylation sites (tertiary alicyclic amines) is 1. The van der Waals surface area contributed by atoms with Crippen LogP contribution in [0.4, 0.5) is 19.0 Å². The molecule has 3 aliphatic heterocycles. The molecular formula is C30H42F3N5O3. The molecule has 3 N–H and O–H groups in total. The van der Waals surface area contributed by atoms with Gasteiger partial charge >= 0.3 is 6.18 Å². The van der Waals surface area contributed by atoms with Crippen LogP contribution in [-0.2, 0) is 23.9 Å². The highest BCUT2D eigenvalue weighted by Gasteiger charge is 2.34. The molecule has 1 amide bonds. The normalized spacial score (nSPS) is 19.4. The minimum Gasteiger partial charge on any atom is -0.400 e. The van der Waals surface area contributed by atoms with Crippen LogP contribution >= 0.6 is 0 Å². The van der Waals surface area contributed by atoms with Gasteiger partial charge in [0.25, 0.3) is 5.91 Å². The molecule has 226 valence electrons. The van der Waals surface area contributed by atoms with Gasteiger partial charge in [-0.3, -0.25) is 4.79 Å². The second-order valence-electron chi connectivity index (χ2n) is 11.1. The van der Waals surface area contributed by atoms with E-state index in [1.807, 2.05) is 11.8 Å². The van der Waals surface area contributed by atoms with E-state index in [-0.39, 0.29) is 17.9 Å². The van der Waals surface area contributed by atoms with E-state index >= 15 is 0 Å². The van der Waals surface area contributed by atoms with Gasteiger partial charge in [-0.2, -0.15) is 13.2 Å². The highest BCUT2D eigenvalue weighted by atomic mass is 19.4. The number of rotatable bonds is 3. The number of amides is 1. The molecule has 1 saturated carbocycles. The van der Waals surface area contributed by atoms with Crippen molar-refractivity contribution in [2.24, 2.45) is 5.73 Å². The Hall–Kier alpha value is -2.76. The van der Waals surface area contributed by atoms with Gasteiger partial charge in [0.05, 0.1) is 5.56 Å². The molecule has 1 aromatic heterocycles. The molecule has 11 heteroatoms. The number of carbonyl (C=O) groups is 1. The van der Waals surface area contributed by atoms with Crippen LogP contribution in [0.3, 0.4) is 0 Å². The quantitative estimate of drug-likeness (QED) is 0.549. The van der Waals surface area contributed by atoms with Crippen LogP contribution in [0.25, 0.3) is 0 Å². The first kappa shape index (κ1) is 31.2. The summed E-state index contributed by atoms with van der Waals surface area (Å²) in [5.74, 6) is 1.47. The molecule has 1 aromatic carbocycles. The SMILES string of the molecule is C1CCOCC1.CO.Cc1c(C(=O)N2CCC(N)CC2)nc(C2CC2)nc1N1CCc2ccc(C(F)(F)F)cc2C1. The summed E-state index contributed by atoms with van der Waals surface area (Å²) in [5, 5.41) is 7.00. The summed E-state index contributed by atoms with van der Waals surface area (Å²) in [6.07, 6.45) is 3.70. The molecule has 6 rings (SSSR count). The van der Waals surface area contributed by atoms with Gasteiger partial charge in [0, 0.05) is 64.0 Å². The van der Waals surface area contributed by atoms with Gasteiger partial charge in [0.15, 0.2) is 0 Å². The Morgan fingerprint density at radius 2 is 1.68 bits per heavy atom. The molecule has 1 aliphatic carbocycles. The lowest BCUT2D eigenvalue weighted by atomic mass is 9.96. The van der Waals surface area contributed by atoms with Crippen LogP contribution in [0, 0.1) is 6.92 Å². The molecule has 8 nitrogen and oxygen atoms in total. The van der Waals surface area contributed by atoms with Gasteiger partial charge in [-0.05, 0) is 81.5 Å². The lowest BCUT2D eigenvalue weighted by Gasteiger charge is -2.33. The fourth-order valence-electron chi connectivity index (χ4n) is 5.42. The Kier molecular flexibility index (Phi) is 10.6. The number of halogens is 3. The number of hydrogen-bond donors (Lipinski definition) is 2. The maximum Gasteiger partial charge on any atom is 0.416 e. The van der Waals surface area contributed by atoms with E-state index in [9.17, 15) is 18.0 Å². The predicted molar refractivity (Wildman–Crippen MR) is 151 cm³/mol. The smallest absolute Gasteiger partial charge is 0.400 e. The number of aliphatic hydroxyl groups is 1. The second kappa shape index (κ2) is 13.9. The van der Waals surface area contributed by atoms with Crippen molar-refractivity contribution in [1.82, 2.24) is 14.9 Å². The number of nitrogens with zero attached hydrogens (tertiary/aromatic N) is 4. The minimum absolute atomic E-state index is 0.110. The minimum atomic E-state index is -4.38. The average Bonchev–Trinajstić information content (AvgIpc) is 3.84. The maximum absolute atomic E-state index is 13.4. The van der Waals surface area contributed by atoms with Gasteiger partial charge in [0.2, 0.25) is 0 Å². The van der Waals surface area contributed by atoms with Gasteiger partial charge < -0.3 is 25.4 Å². The molecule has 4 aliphatic rings. The van der Waals surface area contributed by atoms with Crippen LogP contribution < -0.4 is 10.6 Å². The first-order valence-electron chi connectivity index (χ1n) is 14.6. The molecule has 0 atom stereocenters. The van der Waals surface area contributed by atoms with Crippen molar-refractivity contribution in [3.05, 3.63) is 52.0 Å². The van der Waals surface area contributed by atoms with Crippen molar-refractivity contribution < 1.29 is 27.8 Å². The number of carbonyl (C=O) groups excluding carboxylic acids is 1. The fraction of sp³-hybridized carbons (Fsp3) is 0.633. The maximum atomic E-state index is 13.4. The van der Waals surface area contributed by atoms with Crippen LogP contribution in [0.1, 0.15) is 89.4 Å². The number of piperidine rings is 1. The predicted octanol–water partition coefficient (Wildman–Crippen LogP) is 4.60. The summed E-state index contributed by atoms with van der Waals surface area (Å²) in [5.41, 5.74) is 8.03. The molecule has 3 fully saturated rings. The van der Waals surface area contributed by atoms with Crippen molar-refractivity contribution >= 4 is 11.7 Å². The van der Waals surface area contributed by atoms with Crippen molar-refractivity contribution in [3.8, 4) is 0 Å². The van der Waals surface area contributed by atoms with E-state index in [1.165, 1.54) is 25.3 Å². The number of aliphatic hydroxyl groups excluding tert-OH is 1. The van der Waals surface area contributed by atoms with Gasteiger partial charge in [-0.1, -0.05) is 6.07 Å². The Labute approximate surface area is 240 Å². The summed E-state index contributed by atoms with van der Waals surface area (Å²) in [6.45, 7) is 6.01. The van der Waals surface area contributed by atoms with E-state index in [2.05, 4.69) is 4.98 Å². The molecule has 2 aromatic rings. The first-order chi connectivity index (χ1) is 19.7. The van der Waals surface area contributed by atoms with E-state index in [0.29, 0.717) is 61.1 Å². The number of alkyl halides is 3. The molecular weight excluding hydrogens is 535 g/mol. The van der Waals surface area contributed by atoms with E-state index in [4.69, 9.17) is 20.6 Å². The van der Waals surface area contributed by atoms with Crippen LogP contribution in [0.2, 0.25) is 0 Å². The molecule has 4 heterocycles. The van der Waals surface area contributed by atoms with Crippen molar-refractivity contribution in [2.45, 2.75) is 83.0 Å². The zero-order chi connectivity index (χ0) is 29.6. The van der Waals surface area contributed by atoms with Crippen LogP contribution in [0.5, 0.6) is 0 Å². The zero-order valence-corrected chi connectivity index (χ0v) is 24.1. The number of hydrogen-bond acceptors (Lipinski definition) is 7. The van der Waals surface area contributed by atoms with Crippen molar-refractivity contribution in [1.29, 1.82) is 0 Å². The molecule has 0 spiro atoms. The highest BCUT2D eigenvalue weighted by molar-refractivity contribution is 5.95. The van der Waals surface area contributed by atoms with Crippen molar-refractivity contribution in [3.63, 3.8) is 0 Å². The Morgan fingerprint density at radius 3 is 2.24 bits per heavy atom. The number of benzene rings is 1. The number of ether oxygens (including phenoxy) is 1. The average molecular weight is 578 g/mol. The number of anilines is 1. The molecule has 41 heavy (non-hydrogen) atoms. The lowest BCUT2D eigenvalue weighted by molar-refractivity contribution is -0.137. The third-order valence-electron chi connectivity index (χ3n) is 8.03. The number of aromatic nitrogens is 2. The van der Waals surface area contributed by atoms with Gasteiger partial charge in [0.1, 0.15) is 17.3 Å². The standard InChI is InChI=1S/C24H28F3N5O.C5H10O.CH4O/c1-14-20(23(33)31-10-7-19(28)8-11-31)29-21(16-2-3-16)30-22(14)32-9-6-15-4-5-18(24(25,26)27)12-17(15)13-32;1-2-4-6-5-3-1;1-2/h4-5,12,16,19H,2-3,6-11,13,28H2,1H3;1-5H2;2H,1H3. The molecule has 0 bridgehead atoms. The third kappa shape index (κ3) is 7.96. The van der Waals surface area contributed by atoms with Gasteiger partial charge in [-0.15, -0.1) is 0 Å². The summed E-state index contributed by atoms with van der Waals surface area (Å²) in [6, 6.07) is 4.08. The summed E-state index contributed by atoms with van der Waals surface area (Å²) in [4.78, 5) is 26.6.